The topological polar surface area (TPSA) is 75.7 Å². The molecule has 31 heavy (non-hydrogen) atoms. The predicted octanol–water partition coefficient (Wildman–Crippen LogP) is 5.15. The molecule has 8 heteroatoms. The van der Waals surface area contributed by atoms with Crippen molar-refractivity contribution in [2.45, 2.75) is 13.8 Å². The van der Waals surface area contributed by atoms with Gasteiger partial charge in [-0.2, -0.15) is 0 Å². The van der Waals surface area contributed by atoms with Gasteiger partial charge in [0.25, 0.3) is 0 Å². The van der Waals surface area contributed by atoms with Crippen molar-refractivity contribution >= 4 is 38.9 Å². The van der Waals surface area contributed by atoms with Gasteiger partial charge in [-0.3, -0.25) is 9.10 Å². The maximum Gasteiger partial charge on any atom is 0.245 e. The lowest BCUT2D eigenvalue weighted by Crippen LogP contribution is -2.37. The van der Waals surface area contributed by atoms with Crippen LogP contribution in [0.3, 0.4) is 0 Å². The Morgan fingerprint density at radius 3 is 2.26 bits per heavy atom. The number of aryl methyl sites for hydroxylation is 2. The van der Waals surface area contributed by atoms with Crippen molar-refractivity contribution in [3.63, 3.8) is 0 Å². The van der Waals surface area contributed by atoms with E-state index in [9.17, 15) is 13.2 Å². The van der Waals surface area contributed by atoms with Gasteiger partial charge in [-0.05, 0) is 67.4 Å². The zero-order valence-electron chi connectivity index (χ0n) is 17.4. The molecule has 162 valence electrons. The summed E-state index contributed by atoms with van der Waals surface area (Å²) in [6.45, 7) is 3.35. The lowest BCUT2D eigenvalue weighted by atomic mass is 10.1. The van der Waals surface area contributed by atoms with Crippen LogP contribution in [-0.4, -0.2) is 27.1 Å². The maximum absolute atomic E-state index is 12.8. The Balaban J connectivity index is 1.85. The molecule has 1 N–H and O–H groups in total. The number of sulfonamides is 1. The Hall–Kier alpha value is -3.03. The molecule has 0 spiro atoms. The van der Waals surface area contributed by atoms with E-state index >= 15 is 0 Å². The van der Waals surface area contributed by atoms with Crippen molar-refractivity contribution in [3.05, 3.63) is 82.9 Å². The Morgan fingerprint density at radius 1 is 1.00 bits per heavy atom. The average molecular weight is 459 g/mol. The molecule has 0 unspecified atom stereocenters. The number of nitrogens with one attached hydrogen (secondary N) is 1. The van der Waals surface area contributed by atoms with Gasteiger partial charge in [0.1, 0.15) is 12.3 Å². The smallest absolute Gasteiger partial charge is 0.245 e. The summed E-state index contributed by atoms with van der Waals surface area (Å²) < 4.78 is 31.7. The largest absolute Gasteiger partial charge is 0.455 e. The van der Waals surface area contributed by atoms with Gasteiger partial charge in [-0.25, -0.2) is 8.42 Å². The van der Waals surface area contributed by atoms with E-state index in [1.54, 1.807) is 42.5 Å². The number of anilines is 2. The summed E-state index contributed by atoms with van der Waals surface area (Å²) in [5, 5.41) is 3.13. The Labute approximate surface area is 187 Å². The third kappa shape index (κ3) is 6.23. The monoisotopic (exact) mass is 458 g/mol. The van der Waals surface area contributed by atoms with Crippen LogP contribution in [0.1, 0.15) is 11.1 Å². The van der Waals surface area contributed by atoms with Gasteiger partial charge in [0, 0.05) is 5.02 Å². The molecule has 0 fully saturated rings. The number of rotatable bonds is 7. The predicted molar refractivity (Wildman–Crippen MR) is 125 cm³/mol. The lowest BCUT2D eigenvalue weighted by Gasteiger charge is -2.23. The second-order valence-corrected chi connectivity index (χ2v) is 9.56. The molecular weight excluding hydrogens is 436 g/mol. The van der Waals surface area contributed by atoms with Crippen LogP contribution in [0.5, 0.6) is 11.5 Å². The second-order valence-electron chi connectivity index (χ2n) is 7.22. The number of ether oxygens (including phenoxy) is 1. The molecule has 6 nitrogen and oxygen atoms in total. The van der Waals surface area contributed by atoms with Crippen LogP contribution in [0.2, 0.25) is 5.02 Å². The van der Waals surface area contributed by atoms with Gasteiger partial charge in [0.2, 0.25) is 15.9 Å². The van der Waals surface area contributed by atoms with Crippen LogP contribution in [0.25, 0.3) is 0 Å². The molecule has 1 amide bonds. The first-order valence-corrected chi connectivity index (χ1v) is 11.7. The Kier molecular flexibility index (Phi) is 6.87. The number of hydrogen-bond donors (Lipinski definition) is 1. The summed E-state index contributed by atoms with van der Waals surface area (Å²) >= 11 is 6.10. The van der Waals surface area contributed by atoms with Crippen LogP contribution in [-0.2, 0) is 14.8 Å². The normalized spacial score (nSPS) is 11.1. The molecule has 3 aromatic carbocycles. The fourth-order valence-corrected chi connectivity index (χ4v) is 4.13. The van der Waals surface area contributed by atoms with Crippen molar-refractivity contribution in [2.75, 3.05) is 22.4 Å². The SMILES string of the molecule is Cc1cc(C)cc(N(CC(=O)Nc2cc(Cl)ccc2Oc2ccccc2)S(C)(=O)=O)c1. The summed E-state index contributed by atoms with van der Waals surface area (Å²) in [6, 6.07) is 19.3. The summed E-state index contributed by atoms with van der Waals surface area (Å²) in [7, 11) is -3.69. The van der Waals surface area contributed by atoms with E-state index in [4.69, 9.17) is 16.3 Å². The standard InChI is InChI=1S/C23H23ClN2O4S/c1-16-11-17(2)13-19(12-16)26(31(3,28)29)15-23(27)25-21-14-18(24)9-10-22(21)30-20-7-5-4-6-8-20/h4-14H,15H2,1-3H3,(H,25,27). The van der Waals surface area contributed by atoms with Crippen molar-refractivity contribution in [3.8, 4) is 11.5 Å². The molecule has 3 aromatic rings. The minimum absolute atomic E-state index is 0.343. The molecule has 0 atom stereocenters. The molecule has 0 aliphatic rings. The van der Waals surface area contributed by atoms with Crippen molar-refractivity contribution in [1.82, 2.24) is 0 Å². The van der Waals surface area contributed by atoms with E-state index in [-0.39, 0.29) is 6.54 Å². The Bertz CT molecular complexity index is 1180. The Morgan fingerprint density at radius 2 is 1.65 bits per heavy atom. The summed E-state index contributed by atoms with van der Waals surface area (Å²) in [4.78, 5) is 12.8. The van der Waals surface area contributed by atoms with Crippen molar-refractivity contribution < 1.29 is 17.9 Å². The van der Waals surface area contributed by atoms with Gasteiger partial charge in [0.15, 0.2) is 5.75 Å². The zero-order chi connectivity index (χ0) is 22.6. The van der Waals surface area contributed by atoms with Crippen molar-refractivity contribution in [2.24, 2.45) is 0 Å². The lowest BCUT2D eigenvalue weighted by molar-refractivity contribution is -0.114. The van der Waals surface area contributed by atoms with E-state index < -0.39 is 15.9 Å². The molecule has 0 saturated heterocycles. The zero-order valence-corrected chi connectivity index (χ0v) is 19.0. The first kappa shape index (κ1) is 22.7. The molecule has 0 aliphatic carbocycles. The van der Waals surface area contributed by atoms with Crippen molar-refractivity contribution in [1.29, 1.82) is 0 Å². The number of benzene rings is 3. The van der Waals surface area contributed by atoms with E-state index in [1.165, 1.54) is 0 Å². The molecule has 0 aromatic heterocycles. The average Bonchev–Trinajstić information content (AvgIpc) is 2.67. The molecule has 3 rings (SSSR count). The maximum atomic E-state index is 12.8. The third-order valence-electron chi connectivity index (χ3n) is 4.37. The number of halogens is 1. The fraction of sp³-hybridized carbons (Fsp3) is 0.174. The summed E-state index contributed by atoms with van der Waals surface area (Å²) in [5.74, 6) is 0.458. The van der Waals surface area contributed by atoms with Crippen LogP contribution in [0.4, 0.5) is 11.4 Å². The summed E-state index contributed by atoms with van der Waals surface area (Å²) in [6.07, 6.45) is 1.07. The highest BCUT2D eigenvalue weighted by atomic mass is 35.5. The van der Waals surface area contributed by atoms with E-state index in [0.29, 0.717) is 27.9 Å². The number of carbonyl (C=O) groups is 1. The quantitative estimate of drug-likeness (QED) is 0.531. The van der Waals surface area contributed by atoms with Gasteiger partial charge < -0.3 is 10.1 Å². The highest BCUT2D eigenvalue weighted by molar-refractivity contribution is 7.92. The molecular formula is C23H23ClN2O4S. The van der Waals surface area contributed by atoms with Gasteiger partial charge in [-0.15, -0.1) is 0 Å². The third-order valence-corrected chi connectivity index (χ3v) is 5.74. The molecule has 0 heterocycles. The van der Waals surface area contributed by atoms with E-state index in [0.717, 1.165) is 21.7 Å². The van der Waals surface area contributed by atoms with E-state index in [1.807, 2.05) is 38.1 Å². The van der Waals surface area contributed by atoms with Gasteiger partial charge in [-0.1, -0.05) is 35.9 Å². The molecule has 0 bridgehead atoms. The number of nitrogens with zero attached hydrogens (tertiary/aromatic N) is 1. The minimum atomic E-state index is -3.69. The van der Waals surface area contributed by atoms with Crippen LogP contribution in [0, 0.1) is 13.8 Å². The highest BCUT2D eigenvalue weighted by Crippen LogP contribution is 2.32. The van der Waals surface area contributed by atoms with Gasteiger partial charge in [0.05, 0.1) is 17.6 Å². The number of para-hydroxylation sites is 1. The van der Waals surface area contributed by atoms with Crippen LogP contribution >= 0.6 is 11.6 Å². The van der Waals surface area contributed by atoms with E-state index in [2.05, 4.69) is 5.32 Å². The molecule has 0 aliphatic heterocycles. The van der Waals surface area contributed by atoms with Crippen LogP contribution in [0.15, 0.2) is 66.7 Å². The first-order valence-electron chi connectivity index (χ1n) is 9.50. The second kappa shape index (κ2) is 9.41. The minimum Gasteiger partial charge on any atom is -0.455 e. The number of hydrogen-bond acceptors (Lipinski definition) is 4. The number of carbonyl (C=O) groups excluding carboxylic acids is 1. The molecule has 0 saturated carbocycles. The highest BCUT2D eigenvalue weighted by Gasteiger charge is 2.22. The number of amides is 1. The first-order chi connectivity index (χ1) is 14.6. The molecule has 0 radical (unpaired) electrons. The fourth-order valence-electron chi connectivity index (χ4n) is 3.12. The van der Waals surface area contributed by atoms with Gasteiger partial charge >= 0.3 is 0 Å². The summed E-state index contributed by atoms with van der Waals surface area (Å²) in [5.41, 5.74) is 2.58. The van der Waals surface area contributed by atoms with Crippen LogP contribution < -0.4 is 14.4 Å².